The minimum absolute atomic E-state index is 0.0393. The minimum atomic E-state index is -0.0393. The van der Waals surface area contributed by atoms with Crippen LogP contribution in [0, 0.1) is 0 Å². The molecule has 1 rings (SSSR count). The van der Waals surface area contributed by atoms with Crippen molar-refractivity contribution in [2.45, 2.75) is 39.7 Å². The highest BCUT2D eigenvalue weighted by Crippen LogP contribution is 2.12. The molecule has 0 fully saturated rings. The fourth-order valence-corrected chi connectivity index (χ4v) is 1.76. The van der Waals surface area contributed by atoms with Crippen LogP contribution >= 0.6 is 0 Å². The molecular weight excluding hydrogens is 238 g/mol. The molecule has 0 unspecified atom stereocenters. The number of hydrogen-bond donors (Lipinski definition) is 1. The zero-order valence-corrected chi connectivity index (χ0v) is 12.0. The maximum absolute atomic E-state index is 11.7. The number of ether oxygens (including phenoxy) is 1. The Morgan fingerprint density at radius 1 is 1.21 bits per heavy atom. The van der Waals surface area contributed by atoms with Gasteiger partial charge in [-0.15, -0.1) is 0 Å². The zero-order chi connectivity index (χ0) is 14.1. The SMILES string of the molecule is CCOc1ccc(/C=C/C(=O)NC(CC)CC)cc1. The van der Waals surface area contributed by atoms with Crippen molar-refractivity contribution in [1.29, 1.82) is 0 Å². The van der Waals surface area contributed by atoms with Gasteiger partial charge < -0.3 is 10.1 Å². The predicted octanol–water partition coefficient (Wildman–Crippen LogP) is 3.40. The van der Waals surface area contributed by atoms with Crippen molar-refractivity contribution in [3.8, 4) is 5.75 Å². The molecule has 1 amide bonds. The molecule has 3 nitrogen and oxygen atoms in total. The molecule has 0 spiro atoms. The maximum atomic E-state index is 11.7. The molecule has 0 atom stereocenters. The predicted molar refractivity (Wildman–Crippen MR) is 79.2 cm³/mol. The fourth-order valence-electron chi connectivity index (χ4n) is 1.76. The molecule has 104 valence electrons. The number of hydrogen-bond acceptors (Lipinski definition) is 2. The van der Waals surface area contributed by atoms with Gasteiger partial charge in [-0.25, -0.2) is 0 Å². The van der Waals surface area contributed by atoms with E-state index < -0.39 is 0 Å². The number of nitrogens with one attached hydrogen (secondary N) is 1. The van der Waals surface area contributed by atoms with Crippen LogP contribution in [0.15, 0.2) is 30.3 Å². The van der Waals surface area contributed by atoms with Crippen LogP contribution in [-0.2, 0) is 4.79 Å². The van der Waals surface area contributed by atoms with Crippen molar-refractivity contribution in [1.82, 2.24) is 5.32 Å². The molecule has 0 saturated carbocycles. The highest BCUT2D eigenvalue weighted by Gasteiger charge is 2.04. The first-order valence-corrected chi connectivity index (χ1v) is 6.91. The van der Waals surface area contributed by atoms with Gasteiger partial charge in [-0.05, 0) is 43.5 Å². The quantitative estimate of drug-likeness (QED) is 0.764. The van der Waals surface area contributed by atoms with Crippen LogP contribution in [0.1, 0.15) is 39.2 Å². The van der Waals surface area contributed by atoms with Crippen molar-refractivity contribution >= 4 is 12.0 Å². The summed E-state index contributed by atoms with van der Waals surface area (Å²) in [5, 5.41) is 2.97. The van der Waals surface area contributed by atoms with Gasteiger partial charge in [0.05, 0.1) is 6.61 Å². The second-order valence-corrected chi connectivity index (χ2v) is 4.36. The Bertz CT molecular complexity index is 405. The second-order valence-electron chi connectivity index (χ2n) is 4.36. The first kappa shape index (κ1) is 15.3. The molecule has 0 radical (unpaired) electrons. The van der Waals surface area contributed by atoms with Crippen molar-refractivity contribution in [3.63, 3.8) is 0 Å². The number of benzene rings is 1. The highest BCUT2D eigenvalue weighted by molar-refractivity contribution is 5.91. The number of amides is 1. The highest BCUT2D eigenvalue weighted by atomic mass is 16.5. The Morgan fingerprint density at radius 2 is 1.84 bits per heavy atom. The molecule has 0 aromatic heterocycles. The summed E-state index contributed by atoms with van der Waals surface area (Å²) in [6.45, 7) is 6.76. The van der Waals surface area contributed by atoms with Gasteiger partial charge in [-0.2, -0.15) is 0 Å². The van der Waals surface area contributed by atoms with E-state index >= 15 is 0 Å². The van der Waals surface area contributed by atoms with Gasteiger partial charge in [-0.1, -0.05) is 26.0 Å². The summed E-state index contributed by atoms with van der Waals surface area (Å²) >= 11 is 0. The average Bonchev–Trinajstić information content (AvgIpc) is 2.44. The monoisotopic (exact) mass is 261 g/mol. The maximum Gasteiger partial charge on any atom is 0.244 e. The van der Waals surface area contributed by atoms with E-state index in [1.165, 1.54) is 0 Å². The second kappa shape index (κ2) is 8.35. The van der Waals surface area contributed by atoms with E-state index in [0.29, 0.717) is 6.61 Å². The Balaban J connectivity index is 2.53. The summed E-state index contributed by atoms with van der Waals surface area (Å²) in [5.74, 6) is 0.809. The van der Waals surface area contributed by atoms with E-state index in [0.717, 1.165) is 24.2 Å². The summed E-state index contributed by atoms with van der Waals surface area (Å²) in [7, 11) is 0. The van der Waals surface area contributed by atoms with Gasteiger partial charge in [0.1, 0.15) is 5.75 Å². The van der Waals surface area contributed by atoms with Crippen molar-refractivity contribution in [2.24, 2.45) is 0 Å². The molecule has 1 aromatic rings. The third kappa shape index (κ3) is 5.60. The van der Waals surface area contributed by atoms with Crippen LogP contribution in [0.5, 0.6) is 5.75 Å². The van der Waals surface area contributed by atoms with Crippen LogP contribution in [0.2, 0.25) is 0 Å². The van der Waals surface area contributed by atoms with E-state index in [-0.39, 0.29) is 11.9 Å². The molecule has 1 N–H and O–H groups in total. The van der Waals surface area contributed by atoms with E-state index in [2.05, 4.69) is 19.2 Å². The lowest BCUT2D eigenvalue weighted by molar-refractivity contribution is -0.117. The molecule has 0 heterocycles. The lowest BCUT2D eigenvalue weighted by Gasteiger charge is -2.12. The van der Waals surface area contributed by atoms with Crippen LogP contribution in [0.25, 0.3) is 6.08 Å². The van der Waals surface area contributed by atoms with Crippen LogP contribution in [0.3, 0.4) is 0 Å². The summed E-state index contributed by atoms with van der Waals surface area (Å²) in [6.07, 6.45) is 5.31. The smallest absolute Gasteiger partial charge is 0.244 e. The van der Waals surface area contributed by atoms with E-state index in [1.54, 1.807) is 6.08 Å². The van der Waals surface area contributed by atoms with Gasteiger partial charge in [-0.3, -0.25) is 4.79 Å². The largest absolute Gasteiger partial charge is 0.494 e. The normalized spacial score (nSPS) is 10.9. The van der Waals surface area contributed by atoms with Crippen LogP contribution in [0.4, 0.5) is 0 Å². The molecule has 0 aliphatic carbocycles. The first-order valence-electron chi connectivity index (χ1n) is 6.91. The lowest BCUT2D eigenvalue weighted by Crippen LogP contribution is -2.32. The Kier molecular flexibility index (Phi) is 6.72. The van der Waals surface area contributed by atoms with Crippen LogP contribution < -0.4 is 10.1 Å². The summed E-state index contributed by atoms with van der Waals surface area (Å²) in [4.78, 5) is 11.7. The Hall–Kier alpha value is -1.77. The average molecular weight is 261 g/mol. The summed E-state index contributed by atoms with van der Waals surface area (Å²) < 4.78 is 5.36. The molecule has 0 aliphatic rings. The molecule has 0 aliphatic heterocycles. The fraction of sp³-hybridized carbons (Fsp3) is 0.438. The van der Waals surface area contributed by atoms with Gasteiger partial charge >= 0.3 is 0 Å². The summed E-state index contributed by atoms with van der Waals surface area (Å²) in [6, 6.07) is 7.94. The lowest BCUT2D eigenvalue weighted by atomic mass is 10.1. The topological polar surface area (TPSA) is 38.3 Å². The van der Waals surface area contributed by atoms with Gasteiger partial charge in [0, 0.05) is 12.1 Å². The number of carbonyl (C=O) groups is 1. The molecule has 0 bridgehead atoms. The molecule has 0 saturated heterocycles. The van der Waals surface area contributed by atoms with E-state index in [1.807, 2.05) is 37.3 Å². The third-order valence-electron chi connectivity index (χ3n) is 2.95. The van der Waals surface area contributed by atoms with Gasteiger partial charge in [0.2, 0.25) is 5.91 Å². The van der Waals surface area contributed by atoms with Crippen molar-refractivity contribution < 1.29 is 9.53 Å². The van der Waals surface area contributed by atoms with Gasteiger partial charge in [0.15, 0.2) is 0 Å². The standard InChI is InChI=1S/C16H23NO2/c1-4-14(5-2)17-16(18)12-9-13-7-10-15(11-8-13)19-6-3/h7-12,14H,4-6H2,1-3H3,(H,17,18)/b12-9+. The van der Waals surface area contributed by atoms with E-state index in [4.69, 9.17) is 4.74 Å². The third-order valence-corrected chi connectivity index (χ3v) is 2.95. The Morgan fingerprint density at radius 3 is 2.37 bits per heavy atom. The first-order chi connectivity index (χ1) is 9.19. The zero-order valence-electron chi connectivity index (χ0n) is 12.0. The van der Waals surface area contributed by atoms with Crippen molar-refractivity contribution in [2.75, 3.05) is 6.61 Å². The number of carbonyl (C=O) groups excluding carboxylic acids is 1. The van der Waals surface area contributed by atoms with Crippen LogP contribution in [-0.4, -0.2) is 18.6 Å². The van der Waals surface area contributed by atoms with E-state index in [9.17, 15) is 4.79 Å². The number of rotatable bonds is 7. The minimum Gasteiger partial charge on any atom is -0.494 e. The molecule has 19 heavy (non-hydrogen) atoms. The van der Waals surface area contributed by atoms with Gasteiger partial charge in [0.25, 0.3) is 0 Å². The molecule has 1 aromatic carbocycles. The molecule has 3 heteroatoms. The van der Waals surface area contributed by atoms with Crippen molar-refractivity contribution in [3.05, 3.63) is 35.9 Å². The summed E-state index contributed by atoms with van der Waals surface area (Å²) in [5.41, 5.74) is 0.989. The molecular formula is C16H23NO2. The Labute approximate surface area is 115 Å².